The Labute approximate surface area is 142 Å². The minimum Gasteiger partial charge on any atom is -0.478 e. The largest absolute Gasteiger partial charge is 0.478 e. The third-order valence-corrected chi connectivity index (χ3v) is 3.62. The van der Waals surface area contributed by atoms with E-state index in [0.29, 0.717) is 0 Å². The van der Waals surface area contributed by atoms with Gasteiger partial charge in [0.2, 0.25) is 0 Å². The lowest BCUT2D eigenvalue weighted by Gasteiger charge is -2.08. The minimum absolute atomic E-state index is 0.0279. The van der Waals surface area contributed by atoms with Crippen molar-refractivity contribution in [3.63, 3.8) is 0 Å². The van der Waals surface area contributed by atoms with Crippen molar-refractivity contribution < 1.29 is 23.5 Å². The van der Waals surface area contributed by atoms with Crippen LogP contribution < -0.4 is 5.32 Å². The van der Waals surface area contributed by atoms with E-state index in [9.17, 15) is 19.1 Å². The van der Waals surface area contributed by atoms with Crippen LogP contribution in [-0.2, 0) is 0 Å². The summed E-state index contributed by atoms with van der Waals surface area (Å²) in [6, 6.07) is 13.6. The molecule has 0 fully saturated rings. The first-order chi connectivity index (χ1) is 12.0. The summed E-state index contributed by atoms with van der Waals surface area (Å²) in [5, 5.41) is 11.7. The molecular formula is C19H14FNO4. The SMILES string of the molecule is Cc1ccc(C(=O)O)c(NC(=O)c2ccc(-c3ccccc3F)o2)c1. The standard InChI is InChI=1S/C19H14FNO4/c1-11-6-7-13(19(23)24)15(10-11)21-18(22)17-9-8-16(25-17)12-4-2-3-5-14(12)20/h2-10H,1H3,(H,21,22)(H,23,24). The molecule has 0 radical (unpaired) electrons. The number of halogens is 1. The van der Waals surface area contributed by atoms with Gasteiger partial charge in [-0.1, -0.05) is 18.2 Å². The van der Waals surface area contributed by atoms with Crippen molar-refractivity contribution in [1.29, 1.82) is 0 Å². The number of carbonyl (C=O) groups excluding carboxylic acids is 1. The van der Waals surface area contributed by atoms with Crippen LogP contribution in [0.2, 0.25) is 0 Å². The third-order valence-electron chi connectivity index (χ3n) is 3.62. The number of carboxylic acid groups (broad SMARTS) is 1. The fraction of sp³-hybridized carbons (Fsp3) is 0.0526. The van der Waals surface area contributed by atoms with Crippen LogP contribution in [0.15, 0.2) is 59.0 Å². The van der Waals surface area contributed by atoms with Gasteiger partial charge < -0.3 is 14.8 Å². The van der Waals surface area contributed by atoms with Gasteiger partial charge in [-0.25, -0.2) is 9.18 Å². The molecule has 0 aliphatic rings. The lowest BCUT2D eigenvalue weighted by molar-refractivity contribution is 0.0698. The first kappa shape index (κ1) is 16.4. The molecule has 6 heteroatoms. The van der Waals surface area contributed by atoms with Gasteiger partial charge in [0, 0.05) is 0 Å². The highest BCUT2D eigenvalue weighted by atomic mass is 19.1. The second-order valence-corrected chi connectivity index (χ2v) is 5.45. The molecule has 0 aliphatic carbocycles. The summed E-state index contributed by atoms with van der Waals surface area (Å²) in [5.74, 6) is -2.06. The molecular weight excluding hydrogens is 325 g/mol. The Balaban J connectivity index is 1.87. The predicted molar refractivity (Wildman–Crippen MR) is 90.2 cm³/mol. The second kappa shape index (κ2) is 6.60. The van der Waals surface area contributed by atoms with E-state index < -0.39 is 17.7 Å². The van der Waals surface area contributed by atoms with Crippen molar-refractivity contribution >= 4 is 17.6 Å². The van der Waals surface area contributed by atoms with E-state index in [1.807, 2.05) is 0 Å². The maximum atomic E-state index is 13.8. The number of anilines is 1. The summed E-state index contributed by atoms with van der Waals surface area (Å²) in [6.45, 7) is 1.78. The van der Waals surface area contributed by atoms with Gasteiger partial charge in [0.25, 0.3) is 5.91 Å². The van der Waals surface area contributed by atoms with Crippen molar-refractivity contribution in [2.24, 2.45) is 0 Å². The number of hydrogen-bond acceptors (Lipinski definition) is 3. The van der Waals surface area contributed by atoms with Gasteiger partial charge in [-0.05, 0) is 48.9 Å². The summed E-state index contributed by atoms with van der Waals surface area (Å²) < 4.78 is 19.2. The molecule has 25 heavy (non-hydrogen) atoms. The van der Waals surface area contributed by atoms with Gasteiger partial charge in [0.05, 0.1) is 16.8 Å². The van der Waals surface area contributed by atoms with Crippen molar-refractivity contribution in [3.8, 4) is 11.3 Å². The molecule has 3 rings (SSSR count). The van der Waals surface area contributed by atoms with Crippen LogP contribution >= 0.6 is 0 Å². The van der Waals surface area contributed by atoms with Gasteiger partial charge in [-0.2, -0.15) is 0 Å². The molecule has 0 bridgehead atoms. The van der Waals surface area contributed by atoms with E-state index in [1.54, 1.807) is 37.3 Å². The number of benzene rings is 2. The Kier molecular flexibility index (Phi) is 4.35. The molecule has 0 spiro atoms. The van der Waals surface area contributed by atoms with Crippen molar-refractivity contribution in [2.45, 2.75) is 6.92 Å². The number of carboxylic acids is 1. The van der Waals surface area contributed by atoms with Gasteiger partial charge in [0.15, 0.2) is 5.76 Å². The Morgan fingerprint density at radius 2 is 1.84 bits per heavy atom. The lowest BCUT2D eigenvalue weighted by atomic mass is 10.1. The first-order valence-corrected chi connectivity index (χ1v) is 7.46. The van der Waals surface area contributed by atoms with Crippen molar-refractivity contribution in [3.05, 3.63) is 77.3 Å². The van der Waals surface area contributed by atoms with E-state index in [0.717, 1.165) is 5.56 Å². The van der Waals surface area contributed by atoms with Gasteiger partial charge >= 0.3 is 5.97 Å². The summed E-state index contributed by atoms with van der Waals surface area (Å²) in [6.07, 6.45) is 0. The number of rotatable bonds is 4. The number of nitrogens with one attached hydrogen (secondary N) is 1. The summed E-state index contributed by atoms with van der Waals surface area (Å²) >= 11 is 0. The quantitative estimate of drug-likeness (QED) is 0.741. The molecule has 0 atom stereocenters. The molecule has 0 saturated heterocycles. The minimum atomic E-state index is -1.15. The van der Waals surface area contributed by atoms with E-state index in [-0.39, 0.29) is 28.3 Å². The van der Waals surface area contributed by atoms with Crippen LogP contribution in [0.25, 0.3) is 11.3 Å². The van der Waals surface area contributed by atoms with Crippen LogP contribution in [0.3, 0.4) is 0 Å². The zero-order valence-electron chi connectivity index (χ0n) is 13.2. The smallest absolute Gasteiger partial charge is 0.337 e. The van der Waals surface area contributed by atoms with Crippen LogP contribution in [0.4, 0.5) is 10.1 Å². The summed E-state index contributed by atoms with van der Waals surface area (Å²) in [5.41, 5.74) is 1.18. The molecule has 2 aromatic carbocycles. The highest BCUT2D eigenvalue weighted by Gasteiger charge is 2.17. The molecule has 0 saturated carbocycles. The summed E-state index contributed by atoms with van der Waals surface area (Å²) in [7, 11) is 0. The average Bonchev–Trinajstić information content (AvgIpc) is 3.05. The molecule has 3 aromatic rings. The lowest BCUT2D eigenvalue weighted by Crippen LogP contribution is -2.14. The highest BCUT2D eigenvalue weighted by Crippen LogP contribution is 2.26. The topological polar surface area (TPSA) is 79.5 Å². The van der Waals surface area contributed by atoms with E-state index in [4.69, 9.17) is 4.42 Å². The van der Waals surface area contributed by atoms with Gasteiger partial charge in [-0.15, -0.1) is 0 Å². The first-order valence-electron chi connectivity index (χ1n) is 7.46. The molecule has 1 aromatic heterocycles. The normalized spacial score (nSPS) is 10.5. The molecule has 1 heterocycles. The Morgan fingerprint density at radius 3 is 2.56 bits per heavy atom. The fourth-order valence-corrected chi connectivity index (χ4v) is 2.40. The van der Waals surface area contributed by atoms with E-state index >= 15 is 0 Å². The summed E-state index contributed by atoms with van der Waals surface area (Å²) in [4.78, 5) is 23.6. The predicted octanol–water partition coefficient (Wildman–Crippen LogP) is 4.34. The van der Waals surface area contributed by atoms with E-state index in [1.165, 1.54) is 24.3 Å². The maximum Gasteiger partial charge on any atom is 0.337 e. The number of furan rings is 1. The molecule has 126 valence electrons. The highest BCUT2D eigenvalue weighted by molar-refractivity contribution is 6.06. The number of aromatic carboxylic acids is 1. The molecule has 0 unspecified atom stereocenters. The molecule has 5 nitrogen and oxygen atoms in total. The number of carbonyl (C=O) groups is 2. The molecule has 2 N–H and O–H groups in total. The van der Waals surface area contributed by atoms with E-state index in [2.05, 4.69) is 5.32 Å². The zero-order chi connectivity index (χ0) is 18.0. The Bertz CT molecular complexity index is 962. The van der Waals surface area contributed by atoms with Gasteiger partial charge in [-0.3, -0.25) is 4.79 Å². The second-order valence-electron chi connectivity index (χ2n) is 5.45. The number of hydrogen-bond donors (Lipinski definition) is 2. The zero-order valence-corrected chi connectivity index (χ0v) is 13.2. The van der Waals surface area contributed by atoms with Gasteiger partial charge in [0.1, 0.15) is 11.6 Å². The maximum absolute atomic E-state index is 13.8. The average molecular weight is 339 g/mol. The van der Waals surface area contributed by atoms with Crippen LogP contribution in [0, 0.1) is 12.7 Å². The fourth-order valence-electron chi connectivity index (χ4n) is 2.40. The van der Waals surface area contributed by atoms with Crippen LogP contribution in [-0.4, -0.2) is 17.0 Å². The van der Waals surface area contributed by atoms with Crippen molar-refractivity contribution in [1.82, 2.24) is 0 Å². The third kappa shape index (κ3) is 3.42. The van der Waals surface area contributed by atoms with Crippen molar-refractivity contribution in [2.75, 3.05) is 5.32 Å². The Morgan fingerprint density at radius 1 is 1.08 bits per heavy atom. The Hall–Kier alpha value is -3.41. The van der Waals surface area contributed by atoms with Crippen LogP contribution in [0.1, 0.15) is 26.5 Å². The van der Waals surface area contributed by atoms with Crippen LogP contribution in [0.5, 0.6) is 0 Å². The number of aryl methyl sites for hydroxylation is 1. The molecule has 1 amide bonds. The number of amides is 1. The monoisotopic (exact) mass is 339 g/mol. The molecule has 0 aliphatic heterocycles.